The molecule has 0 bridgehead atoms. The average Bonchev–Trinajstić information content (AvgIpc) is 3.04. The fraction of sp³-hybridized carbons (Fsp3) is 0.588. The molecule has 1 aromatic rings. The fourth-order valence-corrected chi connectivity index (χ4v) is 3.29. The van der Waals surface area contributed by atoms with Crippen LogP contribution in [0.25, 0.3) is 0 Å². The van der Waals surface area contributed by atoms with E-state index in [9.17, 15) is 4.79 Å². The Kier molecular flexibility index (Phi) is 4.76. The van der Waals surface area contributed by atoms with Crippen LogP contribution >= 0.6 is 0 Å². The number of fused-ring (bicyclic) bond motifs is 1. The van der Waals surface area contributed by atoms with Crippen LogP contribution < -0.4 is 10.6 Å². The van der Waals surface area contributed by atoms with E-state index in [0.29, 0.717) is 0 Å². The number of hydrogen-bond donors (Lipinski definition) is 2. The van der Waals surface area contributed by atoms with E-state index in [-0.39, 0.29) is 11.8 Å². The lowest BCUT2D eigenvalue weighted by Crippen LogP contribution is -2.39. The maximum atomic E-state index is 12.2. The number of amides is 1. The first-order chi connectivity index (χ1) is 10.3. The van der Waals surface area contributed by atoms with E-state index in [1.807, 2.05) is 12.1 Å². The molecule has 4 nitrogen and oxygen atoms in total. The Morgan fingerprint density at radius 2 is 2.10 bits per heavy atom. The Labute approximate surface area is 126 Å². The standard InChI is InChI=1S/C17H25N3O/c21-17(18-8-5-11-20-9-3-4-10-20)15-12-14-6-1-2-7-16(14)19-13-15/h1-2,6-7,15,19H,3-5,8-13H2,(H,18,21). The van der Waals surface area contributed by atoms with Crippen molar-refractivity contribution in [3.05, 3.63) is 29.8 Å². The van der Waals surface area contributed by atoms with Crippen LogP contribution in [0.5, 0.6) is 0 Å². The van der Waals surface area contributed by atoms with Gasteiger partial charge in [0.1, 0.15) is 0 Å². The second-order valence-electron chi connectivity index (χ2n) is 6.13. The Morgan fingerprint density at radius 3 is 2.95 bits per heavy atom. The third-order valence-electron chi connectivity index (χ3n) is 4.54. The zero-order valence-corrected chi connectivity index (χ0v) is 12.6. The largest absolute Gasteiger partial charge is 0.384 e. The predicted octanol–water partition coefficient (Wildman–Crippen LogP) is 1.87. The van der Waals surface area contributed by atoms with Gasteiger partial charge in [-0.05, 0) is 56.9 Å². The summed E-state index contributed by atoms with van der Waals surface area (Å²) >= 11 is 0. The molecule has 4 heteroatoms. The van der Waals surface area contributed by atoms with Crippen LogP contribution in [0.2, 0.25) is 0 Å². The lowest BCUT2D eigenvalue weighted by Gasteiger charge is -2.25. The summed E-state index contributed by atoms with van der Waals surface area (Å²) in [4.78, 5) is 14.7. The van der Waals surface area contributed by atoms with Crippen molar-refractivity contribution in [1.29, 1.82) is 0 Å². The van der Waals surface area contributed by atoms with E-state index in [1.165, 1.54) is 37.2 Å². The summed E-state index contributed by atoms with van der Waals surface area (Å²) in [5, 5.41) is 6.46. The molecule has 0 aliphatic carbocycles. The maximum absolute atomic E-state index is 12.2. The molecule has 0 spiro atoms. The summed E-state index contributed by atoms with van der Waals surface area (Å²) in [5.74, 6) is 0.255. The molecule has 21 heavy (non-hydrogen) atoms. The molecule has 114 valence electrons. The topological polar surface area (TPSA) is 44.4 Å². The molecule has 3 rings (SSSR count). The lowest BCUT2D eigenvalue weighted by molar-refractivity contribution is -0.124. The highest BCUT2D eigenvalue weighted by atomic mass is 16.1. The van der Waals surface area contributed by atoms with Gasteiger partial charge < -0.3 is 15.5 Å². The van der Waals surface area contributed by atoms with Gasteiger partial charge in [-0.1, -0.05) is 18.2 Å². The molecule has 1 saturated heterocycles. The maximum Gasteiger partial charge on any atom is 0.225 e. The quantitative estimate of drug-likeness (QED) is 0.813. The zero-order valence-electron chi connectivity index (χ0n) is 12.6. The van der Waals surface area contributed by atoms with Gasteiger partial charge in [0.15, 0.2) is 0 Å². The van der Waals surface area contributed by atoms with E-state index in [2.05, 4.69) is 27.7 Å². The molecule has 0 saturated carbocycles. The van der Waals surface area contributed by atoms with Gasteiger partial charge in [0.05, 0.1) is 5.92 Å². The van der Waals surface area contributed by atoms with Gasteiger partial charge >= 0.3 is 0 Å². The molecule has 2 aliphatic heterocycles. The Balaban J connectivity index is 1.40. The summed E-state index contributed by atoms with van der Waals surface area (Å²) in [7, 11) is 0. The van der Waals surface area contributed by atoms with Crippen molar-refractivity contribution in [3.63, 3.8) is 0 Å². The Hall–Kier alpha value is -1.55. The highest BCUT2D eigenvalue weighted by Crippen LogP contribution is 2.24. The van der Waals surface area contributed by atoms with E-state index >= 15 is 0 Å². The highest BCUT2D eigenvalue weighted by Gasteiger charge is 2.23. The van der Waals surface area contributed by atoms with Gasteiger partial charge in [-0.3, -0.25) is 4.79 Å². The van der Waals surface area contributed by atoms with Crippen molar-refractivity contribution in [2.75, 3.05) is 38.0 Å². The van der Waals surface area contributed by atoms with Crippen molar-refractivity contribution >= 4 is 11.6 Å². The normalized spacial score (nSPS) is 21.6. The summed E-state index contributed by atoms with van der Waals surface area (Å²) < 4.78 is 0. The van der Waals surface area contributed by atoms with Crippen LogP contribution in [0.1, 0.15) is 24.8 Å². The van der Waals surface area contributed by atoms with Crippen molar-refractivity contribution < 1.29 is 4.79 Å². The van der Waals surface area contributed by atoms with Gasteiger partial charge in [0.2, 0.25) is 5.91 Å². The van der Waals surface area contributed by atoms with Crippen LogP contribution in [0.15, 0.2) is 24.3 Å². The van der Waals surface area contributed by atoms with Crippen molar-refractivity contribution in [1.82, 2.24) is 10.2 Å². The minimum Gasteiger partial charge on any atom is -0.384 e. The van der Waals surface area contributed by atoms with E-state index < -0.39 is 0 Å². The van der Waals surface area contributed by atoms with Gasteiger partial charge in [-0.25, -0.2) is 0 Å². The molecule has 2 aliphatic rings. The second kappa shape index (κ2) is 6.94. The predicted molar refractivity (Wildman–Crippen MR) is 85.4 cm³/mol. The van der Waals surface area contributed by atoms with Gasteiger partial charge in [-0.15, -0.1) is 0 Å². The number of anilines is 1. The monoisotopic (exact) mass is 287 g/mol. The molecule has 2 heterocycles. The number of carbonyl (C=O) groups is 1. The second-order valence-corrected chi connectivity index (χ2v) is 6.13. The lowest BCUT2D eigenvalue weighted by atomic mass is 9.93. The van der Waals surface area contributed by atoms with E-state index in [0.717, 1.165) is 32.5 Å². The van der Waals surface area contributed by atoms with Crippen LogP contribution in [-0.4, -0.2) is 43.5 Å². The fourth-order valence-electron chi connectivity index (χ4n) is 3.29. The molecule has 0 radical (unpaired) electrons. The SMILES string of the molecule is O=C(NCCCN1CCCC1)C1CNc2ccccc2C1. The van der Waals surface area contributed by atoms with Crippen LogP contribution in [0.3, 0.4) is 0 Å². The van der Waals surface area contributed by atoms with Crippen LogP contribution in [0.4, 0.5) is 5.69 Å². The number of benzene rings is 1. The summed E-state index contributed by atoms with van der Waals surface area (Å²) in [6.45, 7) is 5.13. The number of hydrogen-bond acceptors (Lipinski definition) is 3. The molecule has 0 aromatic heterocycles. The van der Waals surface area contributed by atoms with Crippen molar-refractivity contribution in [2.24, 2.45) is 5.92 Å². The van der Waals surface area contributed by atoms with Gasteiger partial charge in [-0.2, -0.15) is 0 Å². The molecule has 2 N–H and O–H groups in total. The summed E-state index contributed by atoms with van der Waals surface area (Å²) in [6.07, 6.45) is 4.57. The Bertz CT molecular complexity index is 483. The first-order valence-corrected chi connectivity index (χ1v) is 8.15. The van der Waals surface area contributed by atoms with Crippen molar-refractivity contribution in [3.8, 4) is 0 Å². The Morgan fingerprint density at radius 1 is 1.29 bits per heavy atom. The molecule has 1 fully saturated rings. The van der Waals surface area contributed by atoms with Crippen LogP contribution in [0, 0.1) is 5.92 Å². The minimum absolute atomic E-state index is 0.0617. The van der Waals surface area contributed by atoms with E-state index in [1.54, 1.807) is 0 Å². The molecular formula is C17H25N3O. The number of nitrogens with one attached hydrogen (secondary N) is 2. The van der Waals surface area contributed by atoms with Gasteiger partial charge in [0.25, 0.3) is 0 Å². The van der Waals surface area contributed by atoms with E-state index in [4.69, 9.17) is 0 Å². The summed E-state index contributed by atoms with van der Waals surface area (Å²) in [5.41, 5.74) is 2.43. The molecule has 1 atom stereocenters. The summed E-state index contributed by atoms with van der Waals surface area (Å²) in [6, 6.07) is 8.26. The minimum atomic E-state index is 0.0617. The highest BCUT2D eigenvalue weighted by molar-refractivity contribution is 5.80. The van der Waals surface area contributed by atoms with Crippen LogP contribution in [-0.2, 0) is 11.2 Å². The van der Waals surface area contributed by atoms with Gasteiger partial charge in [0, 0.05) is 18.8 Å². The molecule has 1 amide bonds. The number of likely N-dealkylation sites (tertiary alicyclic amines) is 1. The molecular weight excluding hydrogens is 262 g/mol. The third-order valence-corrected chi connectivity index (χ3v) is 4.54. The number of nitrogens with zero attached hydrogens (tertiary/aromatic N) is 1. The zero-order chi connectivity index (χ0) is 14.5. The third kappa shape index (κ3) is 3.76. The first kappa shape index (κ1) is 14.4. The number of rotatable bonds is 5. The molecule has 1 aromatic carbocycles. The first-order valence-electron chi connectivity index (χ1n) is 8.15. The number of carbonyl (C=O) groups excluding carboxylic acids is 1. The molecule has 1 unspecified atom stereocenters. The van der Waals surface area contributed by atoms with Crippen molar-refractivity contribution in [2.45, 2.75) is 25.7 Å². The number of para-hydroxylation sites is 1. The average molecular weight is 287 g/mol. The smallest absolute Gasteiger partial charge is 0.225 e.